The highest BCUT2D eigenvalue weighted by atomic mass is 14.9. The molecule has 0 aliphatic carbocycles. The minimum absolute atomic E-state index is 0.707. The van der Waals surface area contributed by atoms with Gasteiger partial charge in [0.05, 0.1) is 27.9 Å². The van der Waals surface area contributed by atoms with E-state index in [2.05, 4.69) is 156 Å². The first kappa shape index (κ1) is 25.4. The summed E-state index contributed by atoms with van der Waals surface area (Å²) in [7, 11) is 0. The molecule has 0 bridgehead atoms. The Morgan fingerprint density at radius 3 is 1.53 bits per heavy atom. The Bertz CT molecular complexity index is 2460. The molecule has 0 spiro atoms. The molecule has 0 unspecified atom stereocenters. The minimum atomic E-state index is 0.707. The van der Waals surface area contributed by atoms with Crippen LogP contribution in [0.25, 0.3) is 83.1 Å². The number of aromatic nitrogens is 3. The van der Waals surface area contributed by atoms with Crippen molar-refractivity contribution in [2.75, 3.05) is 0 Å². The lowest BCUT2D eigenvalue weighted by Gasteiger charge is -2.11. The fraction of sp³-hybridized carbons (Fsp3) is 0. The summed E-state index contributed by atoms with van der Waals surface area (Å²) < 4.78 is 2.44. The first-order chi connectivity index (χ1) is 22.3. The lowest BCUT2D eigenvalue weighted by Crippen LogP contribution is -1.96. The van der Waals surface area contributed by atoms with Crippen LogP contribution in [0.2, 0.25) is 0 Å². The summed E-state index contributed by atoms with van der Waals surface area (Å²) in [6.07, 6.45) is 0. The molecular formula is C42H27N3. The van der Waals surface area contributed by atoms with Crippen molar-refractivity contribution in [1.82, 2.24) is 14.4 Å². The Morgan fingerprint density at radius 2 is 0.889 bits per heavy atom. The normalized spacial score (nSPS) is 11.6. The van der Waals surface area contributed by atoms with Gasteiger partial charge in [-0.1, -0.05) is 146 Å². The van der Waals surface area contributed by atoms with Crippen LogP contribution in [-0.2, 0) is 0 Å². The van der Waals surface area contributed by atoms with Gasteiger partial charge in [-0.25, -0.2) is 9.97 Å². The summed E-state index contributed by atoms with van der Waals surface area (Å²) in [5, 5.41) is 4.93. The van der Waals surface area contributed by atoms with Crippen LogP contribution in [-0.4, -0.2) is 14.4 Å². The molecule has 210 valence electrons. The van der Waals surface area contributed by atoms with Crippen LogP contribution in [0.1, 0.15) is 0 Å². The molecule has 0 saturated heterocycles. The molecular weight excluding hydrogens is 546 g/mol. The number of para-hydroxylation sites is 1. The smallest absolute Gasteiger partial charge is 0.160 e. The third kappa shape index (κ3) is 4.13. The first-order valence-electron chi connectivity index (χ1n) is 15.3. The predicted molar refractivity (Wildman–Crippen MR) is 187 cm³/mol. The third-order valence-corrected chi connectivity index (χ3v) is 8.77. The number of fused-ring (bicyclic) bond motifs is 8. The van der Waals surface area contributed by atoms with Gasteiger partial charge in [0.25, 0.3) is 0 Å². The molecule has 0 fully saturated rings. The molecule has 3 nitrogen and oxygen atoms in total. The molecule has 3 aromatic heterocycles. The molecule has 9 aromatic rings. The topological polar surface area (TPSA) is 30.2 Å². The van der Waals surface area contributed by atoms with Crippen molar-refractivity contribution >= 4 is 38.1 Å². The number of nitrogens with zero attached hydrogens (tertiary/aromatic N) is 3. The van der Waals surface area contributed by atoms with Crippen molar-refractivity contribution in [2.24, 2.45) is 0 Å². The van der Waals surface area contributed by atoms with Crippen LogP contribution in [0.5, 0.6) is 0 Å². The second kappa shape index (κ2) is 10.3. The monoisotopic (exact) mass is 573 g/mol. The predicted octanol–water partition coefficient (Wildman–Crippen LogP) is 10.9. The first-order valence-corrected chi connectivity index (χ1v) is 15.3. The summed E-state index contributed by atoms with van der Waals surface area (Å²) in [5.41, 5.74) is 10.9. The fourth-order valence-electron chi connectivity index (χ4n) is 6.74. The molecule has 3 heteroatoms. The van der Waals surface area contributed by atoms with Gasteiger partial charge in [-0.2, -0.15) is 0 Å². The zero-order chi connectivity index (χ0) is 29.7. The van der Waals surface area contributed by atoms with E-state index < -0.39 is 0 Å². The van der Waals surface area contributed by atoms with Crippen molar-refractivity contribution in [3.63, 3.8) is 0 Å². The number of rotatable bonds is 4. The Labute approximate surface area is 260 Å². The van der Waals surface area contributed by atoms with E-state index in [0.717, 1.165) is 33.6 Å². The maximum Gasteiger partial charge on any atom is 0.160 e. The fourth-order valence-corrected chi connectivity index (χ4v) is 6.74. The van der Waals surface area contributed by atoms with E-state index in [4.69, 9.17) is 9.97 Å². The molecule has 0 aliphatic rings. The molecule has 0 amide bonds. The minimum Gasteiger partial charge on any atom is -0.308 e. The van der Waals surface area contributed by atoms with E-state index in [9.17, 15) is 0 Å². The molecule has 0 aliphatic heterocycles. The summed E-state index contributed by atoms with van der Waals surface area (Å²) in [5.74, 6) is 0.707. The highest BCUT2D eigenvalue weighted by molar-refractivity contribution is 6.22. The maximum absolute atomic E-state index is 5.14. The highest BCUT2D eigenvalue weighted by Crippen LogP contribution is 2.43. The van der Waals surface area contributed by atoms with Crippen LogP contribution in [0.15, 0.2) is 164 Å². The SMILES string of the molecule is c1ccc(-c2cc(-c3ccccc3)nc(-c3ccc4c(-c5ccccc5)c5c6ccccc6c6ccccc6n5c4c3)n2)cc1. The summed E-state index contributed by atoms with van der Waals surface area (Å²) >= 11 is 0. The van der Waals surface area contributed by atoms with Crippen LogP contribution in [0, 0.1) is 0 Å². The van der Waals surface area contributed by atoms with Gasteiger partial charge in [0.15, 0.2) is 5.82 Å². The van der Waals surface area contributed by atoms with Gasteiger partial charge < -0.3 is 4.40 Å². The summed E-state index contributed by atoms with van der Waals surface area (Å²) in [6, 6.07) is 57.7. The van der Waals surface area contributed by atoms with E-state index in [1.54, 1.807) is 0 Å². The molecule has 3 heterocycles. The summed E-state index contributed by atoms with van der Waals surface area (Å²) in [6.45, 7) is 0. The number of hydrogen-bond donors (Lipinski definition) is 0. The largest absolute Gasteiger partial charge is 0.308 e. The van der Waals surface area contributed by atoms with E-state index in [1.165, 1.54) is 43.7 Å². The van der Waals surface area contributed by atoms with Gasteiger partial charge in [-0.15, -0.1) is 0 Å². The molecule has 0 atom stereocenters. The average molecular weight is 574 g/mol. The quantitative estimate of drug-likeness (QED) is 0.196. The van der Waals surface area contributed by atoms with Crippen molar-refractivity contribution in [3.8, 4) is 45.0 Å². The molecule has 9 rings (SSSR count). The van der Waals surface area contributed by atoms with Crippen LogP contribution < -0.4 is 0 Å². The zero-order valence-corrected chi connectivity index (χ0v) is 24.4. The van der Waals surface area contributed by atoms with Crippen molar-refractivity contribution in [1.29, 1.82) is 0 Å². The van der Waals surface area contributed by atoms with Gasteiger partial charge >= 0.3 is 0 Å². The second-order valence-electron chi connectivity index (χ2n) is 11.4. The van der Waals surface area contributed by atoms with E-state index in [-0.39, 0.29) is 0 Å². The molecule has 0 N–H and O–H groups in total. The van der Waals surface area contributed by atoms with Gasteiger partial charge in [-0.05, 0) is 29.1 Å². The molecule has 45 heavy (non-hydrogen) atoms. The Hall–Kier alpha value is -6.06. The Morgan fingerprint density at radius 1 is 0.356 bits per heavy atom. The average Bonchev–Trinajstić information content (AvgIpc) is 3.48. The van der Waals surface area contributed by atoms with E-state index in [1.807, 2.05) is 12.1 Å². The Kier molecular flexibility index (Phi) is 5.82. The second-order valence-corrected chi connectivity index (χ2v) is 11.4. The standard InChI is InChI=1S/C42H27N3/c1-4-14-28(15-5-1)36-27-37(29-16-6-2-7-17-29)44-42(43-36)31-24-25-35-39(26-31)45-38-23-13-12-21-33(38)32-20-10-11-22-34(32)41(45)40(35)30-18-8-3-9-19-30/h1-27H. The lowest BCUT2D eigenvalue weighted by atomic mass is 9.98. The molecule has 6 aromatic carbocycles. The number of benzene rings is 6. The van der Waals surface area contributed by atoms with Gasteiger partial charge in [-0.3, -0.25) is 0 Å². The number of pyridine rings is 1. The van der Waals surface area contributed by atoms with Crippen molar-refractivity contribution in [2.45, 2.75) is 0 Å². The van der Waals surface area contributed by atoms with Gasteiger partial charge in [0, 0.05) is 38.4 Å². The van der Waals surface area contributed by atoms with Crippen LogP contribution >= 0.6 is 0 Å². The lowest BCUT2D eigenvalue weighted by molar-refractivity contribution is 1.18. The summed E-state index contributed by atoms with van der Waals surface area (Å²) in [4.78, 5) is 10.3. The van der Waals surface area contributed by atoms with Crippen molar-refractivity contribution in [3.05, 3.63) is 164 Å². The van der Waals surface area contributed by atoms with Crippen LogP contribution in [0.3, 0.4) is 0 Å². The van der Waals surface area contributed by atoms with Crippen LogP contribution in [0.4, 0.5) is 0 Å². The third-order valence-electron chi connectivity index (χ3n) is 8.77. The Balaban J connectivity index is 1.39. The van der Waals surface area contributed by atoms with E-state index >= 15 is 0 Å². The van der Waals surface area contributed by atoms with Gasteiger partial charge in [0.2, 0.25) is 0 Å². The molecule has 0 saturated carbocycles. The van der Waals surface area contributed by atoms with Gasteiger partial charge in [0.1, 0.15) is 0 Å². The zero-order valence-electron chi connectivity index (χ0n) is 24.4. The van der Waals surface area contributed by atoms with E-state index in [0.29, 0.717) is 5.82 Å². The number of hydrogen-bond acceptors (Lipinski definition) is 2. The highest BCUT2D eigenvalue weighted by Gasteiger charge is 2.20. The molecule has 0 radical (unpaired) electrons. The van der Waals surface area contributed by atoms with Crippen molar-refractivity contribution < 1.29 is 0 Å². The maximum atomic E-state index is 5.14.